The van der Waals surface area contributed by atoms with Gasteiger partial charge in [0, 0.05) is 18.7 Å². The fourth-order valence-corrected chi connectivity index (χ4v) is 4.17. The Hall–Kier alpha value is -1.20. The third kappa shape index (κ3) is 2.58. The van der Waals surface area contributed by atoms with Gasteiger partial charge < -0.3 is 0 Å². The summed E-state index contributed by atoms with van der Waals surface area (Å²) in [4.78, 5) is 11.4. The maximum Gasteiger partial charge on any atom is 0.223 e. The number of sulfonamides is 1. The fraction of sp³-hybridized carbons (Fsp3) is 0.500. The van der Waals surface area contributed by atoms with E-state index in [0.29, 0.717) is 25.0 Å². The van der Waals surface area contributed by atoms with Crippen LogP contribution in [0.3, 0.4) is 0 Å². The molecule has 2 rings (SSSR count). The van der Waals surface area contributed by atoms with Crippen molar-refractivity contribution in [1.82, 2.24) is 4.31 Å². The normalized spacial score (nSPS) is 28.2. The second kappa shape index (κ2) is 5.06. The molecule has 0 aromatic heterocycles. The molecule has 1 aliphatic carbocycles. The van der Waals surface area contributed by atoms with Crippen molar-refractivity contribution in [3.63, 3.8) is 0 Å². The zero-order valence-corrected chi connectivity index (χ0v) is 12.1. The largest absolute Gasteiger partial charge is 0.295 e. The highest BCUT2D eigenvalue weighted by atomic mass is 32.2. The van der Waals surface area contributed by atoms with Gasteiger partial charge in [-0.1, -0.05) is 30.4 Å². The Morgan fingerprint density at radius 2 is 2.11 bits per heavy atom. The molecule has 5 heteroatoms. The molecule has 0 bridgehead atoms. The van der Waals surface area contributed by atoms with Gasteiger partial charge >= 0.3 is 0 Å². The number of carbonyl (C=O) groups is 1. The van der Waals surface area contributed by atoms with E-state index in [-0.39, 0.29) is 12.3 Å². The molecule has 19 heavy (non-hydrogen) atoms. The highest BCUT2D eigenvalue weighted by molar-refractivity contribution is 7.90. The summed E-state index contributed by atoms with van der Waals surface area (Å²) >= 11 is 0. The highest BCUT2D eigenvalue weighted by Crippen LogP contribution is 2.31. The van der Waals surface area contributed by atoms with Gasteiger partial charge in [0.1, 0.15) is 4.75 Å². The summed E-state index contributed by atoms with van der Waals surface area (Å²) in [6.45, 7) is 3.86. The molecule has 1 aliphatic heterocycles. The number of Topliss-reactive ketones (excluding diaryl/α,β-unsaturated/α-hetero) is 1. The van der Waals surface area contributed by atoms with Gasteiger partial charge in [-0.25, -0.2) is 8.42 Å². The lowest BCUT2D eigenvalue weighted by atomic mass is 10.0. The van der Waals surface area contributed by atoms with E-state index in [4.69, 9.17) is 0 Å². The van der Waals surface area contributed by atoms with Gasteiger partial charge in [-0.05, 0) is 26.7 Å². The first-order valence-electron chi connectivity index (χ1n) is 6.41. The molecular weight excluding hydrogens is 262 g/mol. The highest BCUT2D eigenvalue weighted by Gasteiger charge is 2.41. The predicted octanol–water partition coefficient (Wildman–Crippen LogP) is 1.81. The van der Waals surface area contributed by atoms with E-state index in [1.807, 2.05) is 18.2 Å². The molecule has 4 nitrogen and oxygen atoms in total. The number of rotatable bonds is 3. The van der Waals surface area contributed by atoms with E-state index in [1.165, 1.54) is 11.2 Å². The quantitative estimate of drug-likeness (QED) is 0.793. The second-order valence-electron chi connectivity index (χ2n) is 5.22. The molecule has 0 N–H and O–H groups in total. The molecule has 2 aliphatic rings. The number of nitrogens with zero attached hydrogens (tertiary/aromatic N) is 1. The molecule has 0 aromatic carbocycles. The first-order valence-corrected chi connectivity index (χ1v) is 7.85. The zero-order chi connectivity index (χ0) is 14.1. The smallest absolute Gasteiger partial charge is 0.223 e. The van der Waals surface area contributed by atoms with Gasteiger partial charge in [0.2, 0.25) is 10.0 Å². The van der Waals surface area contributed by atoms with Gasteiger partial charge in [0.05, 0.1) is 0 Å². The maximum absolute atomic E-state index is 12.7. The molecule has 0 fully saturated rings. The van der Waals surface area contributed by atoms with Crippen LogP contribution < -0.4 is 0 Å². The third-order valence-electron chi connectivity index (χ3n) is 3.72. The molecule has 0 spiro atoms. The lowest BCUT2D eigenvalue weighted by molar-refractivity contribution is -0.113. The summed E-state index contributed by atoms with van der Waals surface area (Å²) in [5.74, 6) is -0.0517. The van der Waals surface area contributed by atoms with E-state index in [1.54, 1.807) is 19.1 Å². The second-order valence-corrected chi connectivity index (χ2v) is 7.62. The van der Waals surface area contributed by atoms with Crippen molar-refractivity contribution in [2.24, 2.45) is 0 Å². The maximum atomic E-state index is 12.7. The van der Waals surface area contributed by atoms with Crippen molar-refractivity contribution < 1.29 is 13.2 Å². The molecule has 0 radical (unpaired) electrons. The molecule has 0 aromatic rings. The van der Waals surface area contributed by atoms with Crippen LogP contribution in [0.1, 0.15) is 26.7 Å². The van der Waals surface area contributed by atoms with Crippen molar-refractivity contribution in [1.29, 1.82) is 0 Å². The Kier molecular flexibility index (Phi) is 3.78. The first kappa shape index (κ1) is 14.2. The SMILES string of the molecule is CC(=O)C1=CCCN(S(=O)(=O)C2(C)C=CC=CC2)C1. The Bertz CT molecular complexity index is 571. The lowest BCUT2D eigenvalue weighted by Crippen LogP contribution is -2.48. The van der Waals surface area contributed by atoms with Crippen molar-refractivity contribution in [2.45, 2.75) is 31.4 Å². The summed E-state index contributed by atoms with van der Waals surface area (Å²) in [5, 5.41) is 0. The molecule has 1 unspecified atom stereocenters. The third-order valence-corrected chi connectivity index (χ3v) is 6.19. The number of carbonyl (C=O) groups excluding carboxylic acids is 1. The van der Waals surface area contributed by atoms with Crippen LogP contribution in [0, 0.1) is 0 Å². The Balaban J connectivity index is 2.26. The summed E-state index contributed by atoms with van der Waals surface area (Å²) in [7, 11) is -3.45. The zero-order valence-electron chi connectivity index (χ0n) is 11.3. The minimum atomic E-state index is -3.45. The fourth-order valence-electron chi connectivity index (χ4n) is 2.37. The van der Waals surface area contributed by atoms with Crippen molar-refractivity contribution in [2.75, 3.05) is 13.1 Å². The van der Waals surface area contributed by atoms with Gasteiger partial charge in [-0.3, -0.25) is 4.79 Å². The van der Waals surface area contributed by atoms with Crippen LogP contribution in [0.25, 0.3) is 0 Å². The summed E-state index contributed by atoms with van der Waals surface area (Å²) in [5.41, 5.74) is 0.591. The molecule has 0 saturated heterocycles. The summed E-state index contributed by atoms with van der Waals surface area (Å²) in [6.07, 6.45) is 10.1. The molecular formula is C14H19NO3S. The predicted molar refractivity (Wildman–Crippen MR) is 75.2 cm³/mol. The number of allylic oxidation sites excluding steroid dienone is 3. The van der Waals surface area contributed by atoms with Gasteiger partial charge in [-0.2, -0.15) is 4.31 Å². The van der Waals surface area contributed by atoms with Gasteiger partial charge in [-0.15, -0.1) is 0 Å². The van der Waals surface area contributed by atoms with Crippen molar-refractivity contribution >= 4 is 15.8 Å². The van der Waals surface area contributed by atoms with E-state index >= 15 is 0 Å². The van der Waals surface area contributed by atoms with Crippen LogP contribution in [0.2, 0.25) is 0 Å². The van der Waals surface area contributed by atoms with E-state index in [9.17, 15) is 13.2 Å². The van der Waals surface area contributed by atoms with Gasteiger partial charge in [0.25, 0.3) is 0 Å². The van der Waals surface area contributed by atoms with Crippen LogP contribution in [-0.2, 0) is 14.8 Å². The molecule has 0 saturated carbocycles. The van der Waals surface area contributed by atoms with Crippen LogP contribution in [0.5, 0.6) is 0 Å². The van der Waals surface area contributed by atoms with Crippen LogP contribution in [-0.4, -0.2) is 36.3 Å². The molecule has 1 atom stereocenters. The minimum absolute atomic E-state index is 0.0517. The van der Waals surface area contributed by atoms with Gasteiger partial charge in [0.15, 0.2) is 5.78 Å². The van der Waals surface area contributed by atoms with E-state index < -0.39 is 14.8 Å². The average molecular weight is 281 g/mol. The standard InChI is InChI=1S/C14H19NO3S/c1-12(16)13-7-6-10-15(11-13)19(17,18)14(2)8-4-3-5-9-14/h3-5,7-8H,6,9-11H2,1-2H3. The Morgan fingerprint density at radius 1 is 1.37 bits per heavy atom. The monoisotopic (exact) mass is 281 g/mol. The lowest BCUT2D eigenvalue weighted by Gasteiger charge is -2.35. The van der Waals surface area contributed by atoms with Crippen LogP contribution in [0.4, 0.5) is 0 Å². The van der Waals surface area contributed by atoms with Crippen LogP contribution >= 0.6 is 0 Å². The number of hydrogen-bond acceptors (Lipinski definition) is 3. The Morgan fingerprint density at radius 3 is 2.68 bits per heavy atom. The molecule has 1 heterocycles. The van der Waals surface area contributed by atoms with Crippen molar-refractivity contribution in [3.8, 4) is 0 Å². The summed E-state index contributed by atoms with van der Waals surface area (Å²) in [6, 6.07) is 0. The summed E-state index contributed by atoms with van der Waals surface area (Å²) < 4.78 is 26.0. The minimum Gasteiger partial charge on any atom is -0.295 e. The first-order chi connectivity index (χ1) is 8.87. The Labute approximate surface area is 114 Å². The topological polar surface area (TPSA) is 54.5 Å². The average Bonchev–Trinajstić information content (AvgIpc) is 2.39. The number of hydrogen-bond donors (Lipinski definition) is 0. The van der Waals surface area contributed by atoms with E-state index in [2.05, 4.69) is 0 Å². The number of ketones is 1. The van der Waals surface area contributed by atoms with Crippen molar-refractivity contribution in [3.05, 3.63) is 36.0 Å². The van der Waals surface area contributed by atoms with Crippen LogP contribution in [0.15, 0.2) is 36.0 Å². The molecule has 104 valence electrons. The van der Waals surface area contributed by atoms with E-state index in [0.717, 1.165) is 0 Å². The molecule has 0 amide bonds.